The topological polar surface area (TPSA) is 52.6 Å². The molecule has 4 heteroatoms. The summed E-state index contributed by atoms with van der Waals surface area (Å²) in [5.74, 6) is 0.240. The van der Waals surface area contributed by atoms with Gasteiger partial charge in [-0.3, -0.25) is 4.79 Å². The van der Waals surface area contributed by atoms with Crippen molar-refractivity contribution in [1.82, 2.24) is 4.90 Å². The van der Waals surface area contributed by atoms with E-state index < -0.39 is 0 Å². The molecule has 0 fully saturated rings. The van der Waals surface area contributed by atoms with Gasteiger partial charge in [-0.15, -0.1) is 0 Å². The Labute approximate surface area is 125 Å². The lowest BCUT2D eigenvalue weighted by molar-refractivity contribution is 0.0827. The van der Waals surface area contributed by atoms with Gasteiger partial charge < -0.3 is 15.3 Å². The molecule has 0 atom stereocenters. The minimum Gasteiger partial charge on any atom is -0.508 e. The molecule has 0 heterocycles. The average molecular weight is 284 g/mol. The van der Waals surface area contributed by atoms with Gasteiger partial charge in [-0.05, 0) is 30.7 Å². The van der Waals surface area contributed by atoms with Crippen LogP contribution in [-0.2, 0) is 6.54 Å². The van der Waals surface area contributed by atoms with E-state index in [-0.39, 0.29) is 11.7 Å². The quantitative estimate of drug-likeness (QED) is 0.907. The first-order chi connectivity index (χ1) is 9.99. The summed E-state index contributed by atoms with van der Waals surface area (Å²) < 4.78 is 0. The van der Waals surface area contributed by atoms with Crippen molar-refractivity contribution < 1.29 is 9.90 Å². The van der Waals surface area contributed by atoms with Gasteiger partial charge in [0.2, 0.25) is 0 Å². The lowest BCUT2D eigenvalue weighted by atomic mass is 10.1. The predicted molar refractivity (Wildman–Crippen MR) is 84.6 cm³/mol. The van der Waals surface area contributed by atoms with Crippen molar-refractivity contribution in [2.75, 3.05) is 19.4 Å². The molecule has 0 spiro atoms. The van der Waals surface area contributed by atoms with Crippen molar-refractivity contribution in [1.29, 1.82) is 0 Å². The molecule has 2 rings (SSSR count). The molecule has 0 saturated carbocycles. The van der Waals surface area contributed by atoms with E-state index in [2.05, 4.69) is 5.32 Å². The normalized spacial score (nSPS) is 10.2. The molecule has 110 valence electrons. The molecule has 0 saturated heterocycles. The summed E-state index contributed by atoms with van der Waals surface area (Å²) in [5, 5.41) is 13.0. The highest BCUT2D eigenvalue weighted by molar-refractivity contribution is 5.95. The van der Waals surface area contributed by atoms with Crippen LogP contribution in [0.5, 0.6) is 5.75 Å². The van der Waals surface area contributed by atoms with Gasteiger partial charge in [0.25, 0.3) is 5.91 Å². The SMILES string of the molecule is Cc1ccc(C(=O)N(C)C)cc1NCc1ccccc1O. The van der Waals surface area contributed by atoms with Gasteiger partial charge in [-0.2, -0.15) is 0 Å². The molecule has 2 aromatic carbocycles. The van der Waals surface area contributed by atoms with E-state index in [0.29, 0.717) is 12.1 Å². The number of aryl methyl sites for hydroxylation is 1. The average Bonchev–Trinajstić information content (AvgIpc) is 2.47. The largest absolute Gasteiger partial charge is 0.508 e. The summed E-state index contributed by atoms with van der Waals surface area (Å²) in [4.78, 5) is 13.5. The fraction of sp³-hybridized carbons (Fsp3) is 0.235. The van der Waals surface area contributed by atoms with Gasteiger partial charge in [0.05, 0.1) is 0 Å². The fourth-order valence-corrected chi connectivity index (χ4v) is 2.05. The Bertz CT molecular complexity index is 651. The van der Waals surface area contributed by atoms with Crippen LogP contribution in [0.25, 0.3) is 0 Å². The fourth-order valence-electron chi connectivity index (χ4n) is 2.05. The van der Waals surface area contributed by atoms with Gasteiger partial charge in [-0.25, -0.2) is 0 Å². The Morgan fingerprint density at radius 1 is 1.19 bits per heavy atom. The Morgan fingerprint density at radius 3 is 2.57 bits per heavy atom. The molecular weight excluding hydrogens is 264 g/mol. The zero-order valence-corrected chi connectivity index (χ0v) is 12.6. The highest BCUT2D eigenvalue weighted by Gasteiger charge is 2.10. The summed E-state index contributed by atoms with van der Waals surface area (Å²) in [6.45, 7) is 2.49. The number of amides is 1. The van der Waals surface area contributed by atoms with Crippen molar-refractivity contribution in [3.8, 4) is 5.75 Å². The van der Waals surface area contributed by atoms with E-state index >= 15 is 0 Å². The number of nitrogens with zero attached hydrogens (tertiary/aromatic N) is 1. The van der Waals surface area contributed by atoms with Crippen LogP contribution in [0, 0.1) is 6.92 Å². The van der Waals surface area contributed by atoms with Crippen LogP contribution in [0.15, 0.2) is 42.5 Å². The van der Waals surface area contributed by atoms with Crippen LogP contribution < -0.4 is 5.32 Å². The highest BCUT2D eigenvalue weighted by Crippen LogP contribution is 2.21. The number of nitrogens with one attached hydrogen (secondary N) is 1. The van der Waals surface area contributed by atoms with Crippen molar-refractivity contribution in [2.24, 2.45) is 0 Å². The molecule has 0 bridgehead atoms. The maximum Gasteiger partial charge on any atom is 0.253 e. The standard InChI is InChI=1S/C17H20N2O2/c1-12-8-9-13(17(21)19(2)3)10-15(12)18-11-14-6-4-5-7-16(14)20/h4-10,18,20H,11H2,1-3H3. The second-order valence-corrected chi connectivity index (χ2v) is 5.21. The van der Waals surface area contributed by atoms with Gasteiger partial charge in [0, 0.05) is 37.5 Å². The Balaban J connectivity index is 2.18. The number of carbonyl (C=O) groups is 1. The number of anilines is 1. The third kappa shape index (κ3) is 3.54. The van der Waals surface area contributed by atoms with Crippen LogP contribution in [0.4, 0.5) is 5.69 Å². The Hall–Kier alpha value is -2.49. The zero-order valence-electron chi connectivity index (χ0n) is 12.6. The molecule has 0 aliphatic carbocycles. The van der Waals surface area contributed by atoms with Crippen molar-refractivity contribution in [2.45, 2.75) is 13.5 Å². The third-order valence-electron chi connectivity index (χ3n) is 3.35. The molecule has 0 aliphatic rings. The summed E-state index contributed by atoms with van der Waals surface area (Å²) in [6, 6.07) is 12.8. The number of aromatic hydroxyl groups is 1. The van der Waals surface area contributed by atoms with Crippen LogP contribution in [0.1, 0.15) is 21.5 Å². The number of hydrogen-bond donors (Lipinski definition) is 2. The second kappa shape index (κ2) is 6.31. The van der Waals surface area contributed by atoms with Crippen LogP contribution in [0.2, 0.25) is 0 Å². The van der Waals surface area contributed by atoms with E-state index in [1.54, 1.807) is 31.1 Å². The van der Waals surface area contributed by atoms with Crippen LogP contribution >= 0.6 is 0 Å². The number of phenols is 1. The molecule has 0 radical (unpaired) electrons. The molecule has 0 aromatic heterocycles. The van der Waals surface area contributed by atoms with Gasteiger partial charge in [0.1, 0.15) is 5.75 Å². The highest BCUT2D eigenvalue weighted by atomic mass is 16.3. The molecule has 0 aliphatic heterocycles. The lowest BCUT2D eigenvalue weighted by Crippen LogP contribution is -2.21. The minimum absolute atomic E-state index is 0.0272. The molecule has 4 nitrogen and oxygen atoms in total. The predicted octanol–water partition coefficient (Wildman–Crippen LogP) is 3.01. The summed E-state index contributed by atoms with van der Waals surface area (Å²) >= 11 is 0. The Morgan fingerprint density at radius 2 is 1.90 bits per heavy atom. The Kier molecular flexibility index (Phi) is 4.48. The summed E-state index contributed by atoms with van der Waals surface area (Å²) in [7, 11) is 3.47. The number of hydrogen-bond acceptors (Lipinski definition) is 3. The van der Waals surface area contributed by atoms with E-state index in [4.69, 9.17) is 0 Å². The van der Waals surface area contributed by atoms with E-state index in [9.17, 15) is 9.90 Å². The number of benzene rings is 2. The monoisotopic (exact) mass is 284 g/mol. The first kappa shape index (κ1) is 14.9. The molecule has 1 amide bonds. The van der Waals surface area contributed by atoms with Crippen LogP contribution in [0.3, 0.4) is 0 Å². The number of phenolic OH excluding ortho intramolecular Hbond substituents is 1. The van der Waals surface area contributed by atoms with Crippen molar-refractivity contribution in [3.05, 3.63) is 59.2 Å². The van der Waals surface area contributed by atoms with Gasteiger partial charge in [-0.1, -0.05) is 24.3 Å². The molecule has 0 unspecified atom stereocenters. The van der Waals surface area contributed by atoms with Crippen LogP contribution in [-0.4, -0.2) is 30.0 Å². The molecule has 21 heavy (non-hydrogen) atoms. The van der Waals surface area contributed by atoms with Crippen molar-refractivity contribution in [3.63, 3.8) is 0 Å². The molecule has 2 aromatic rings. The summed E-state index contributed by atoms with van der Waals surface area (Å²) in [5.41, 5.74) is 3.42. The smallest absolute Gasteiger partial charge is 0.253 e. The lowest BCUT2D eigenvalue weighted by Gasteiger charge is -2.14. The zero-order chi connectivity index (χ0) is 15.4. The molecule has 2 N–H and O–H groups in total. The first-order valence-corrected chi connectivity index (χ1v) is 6.82. The van der Waals surface area contributed by atoms with E-state index in [1.807, 2.05) is 37.3 Å². The maximum atomic E-state index is 12.0. The second-order valence-electron chi connectivity index (χ2n) is 5.21. The van der Waals surface area contributed by atoms with Crippen molar-refractivity contribution >= 4 is 11.6 Å². The number of carbonyl (C=O) groups excluding carboxylic acids is 1. The van der Waals surface area contributed by atoms with E-state index in [0.717, 1.165) is 16.8 Å². The van der Waals surface area contributed by atoms with E-state index in [1.165, 1.54) is 0 Å². The first-order valence-electron chi connectivity index (χ1n) is 6.82. The number of para-hydroxylation sites is 1. The molecular formula is C17H20N2O2. The maximum absolute atomic E-state index is 12.0. The van der Waals surface area contributed by atoms with Gasteiger partial charge >= 0.3 is 0 Å². The van der Waals surface area contributed by atoms with Gasteiger partial charge in [0.15, 0.2) is 0 Å². The minimum atomic E-state index is -0.0272. The number of rotatable bonds is 4. The summed E-state index contributed by atoms with van der Waals surface area (Å²) in [6.07, 6.45) is 0. The third-order valence-corrected chi connectivity index (χ3v) is 3.35.